The molecule has 0 aliphatic rings. The summed E-state index contributed by atoms with van der Waals surface area (Å²) in [6.45, 7) is 7.25. The minimum atomic E-state index is 0.297. The van der Waals surface area contributed by atoms with E-state index in [4.69, 9.17) is 0 Å². The zero-order valence-electron chi connectivity index (χ0n) is 11.2. The summed E-state index contributed by atoms with van der Waals surface area (Å²) in [6, 6.07) is 4.72. The van der Waals surface area contributed by atoms with Gasteiger partial charge in [0.1, 0.15) is 0 Å². The first-order valence-corrected chi connectivity index (χ1v) is 6.30. The lowest BCUT2D eigenvalue weighted by atomic mass is 10.1. The molecule has 2 aromatic heterocycles. The maximum Gasteiger partial charge on any atom is 0.0560 e. The van der Waals surface area contributed by atoms with Crippen LogP contribution in [0.2, 0.25) is 0 Å². The van der Waals surface area contributed by atoms with Crippen LogP contribution in [0.5, 0.6) is 0 Å². The normalized spacial score (nSPS) is 14.4. The maximum atomic E-state index is 4.30. The van der Waals surface area contributed by atoms with Crippen molar-refractivity contribution in [2.45, 2.75) is 39.4 Å². The second-order valence-electron chi connectivity index (χ2n) is 4.82. The standard InChI is InChI=1S/C14H20N4/c1-11-7-16-18(9-11)10-12(2)17-13(3)14-5-4-6-15-8-14/h4-9,12-13,17H,10H2,1-3H3. The lowest BCUT2D eigenvalue weighted by Gasteiger charge is -2.20. The van der Waals surface area contributed by atoms with Gasteiger partial charge in [-0.05, 0) is 38.0 Å². The van der Waals surface area contributed by atoms with Gasteiger partial charge >= 0.3 is 0 Å². The first-order chi connectivity index (χ1) is 8.65. The van der Waals surface area contributed by atoms with Gasteiger partial charge in [-0.3, -0.25) is 9.67 Å². The quantitative estimate of drug-likeness (QED) is 0.877. The number of nitrogens with zero attached hydrogens (tertiary/aromatic N) is 3. The Morgan fingerprint density at radius 3 is 2.78 bits per heavy atom. The Balaban J connectivity index is 1.89. The number of hydrogen-bond acceptors (Lipinski definition) is 3. The smallest absolute Gasteiger partial charge is 0.0560 e. The Bertz CT molecular complexity index is 478. The fraction of sp³-hybridized carbons (Fsp3) is 0.429. The fourth-order valence-corrected chi connectivity index (χ4v) is 2.06. The van der Waals surface area contributed by atoms with E-state index >= 15 is 0 Å². The van der Waals surface area contributed by atoms with Crippen molar-refractivity contribution in [1.82, 2.24) is 20.1 Å². The highest BCUT2D eigenvalue weighted by atomic mass is 15.3. The van der Waals surface area contributed by atoms with Gasteiger partial charge in [-0.15, -0.1) is 0 Å². The number of pyridine rings is 1. The number of aryl methyl sites for hydroxylation is 1. The molecule has 0 aliphatic carbocycles. The molecule has 2 rings (SSSR count). The summed E-state index contributed by atoms with van der Waals surface area (Å²) in [5, 5.41) is 7.85. The van der Waals surface area contributed by atoms with Crippen LogP contribution in [0.25, 0.3) is 0 Å². The second-order valence-corrected chi connectivity index (χ2v) is 4.82. The molecule has 2 unspecified atom stereocenters. The lowest BCUT2D eigenvalue weighted by molar-refractivity contribution is 0.412. The van der Waals surface area contributed by atoms with E-state index < -0.39 is 0 Å². The summed E-state index contributed by atoms with van der Waals surface area (Å²) >= 11 is 0. The van der Waals surface area contributed by atoms with Crippen molar-refractivity contribution in [3.8, 4) is 0 Å². The van der Waals surface area contributed by atoms with Crippen LogP contribution in [0.3, 0.4) is 0 Å². The Kier molecular flexibility index (Phi) is 4.10. The van der Waals surface area contributed by atoms with Crippen LogP contribution < -0.4 is 5.32 Å². The van der Waals surface area contributed by atoms with Gasteiger partial charge in [0.15, 0.2) is 0 Å². The van der Waals surface area contributed by atoms with Gasteiger partial charge in [0.25, 0.3) is 0 Å². The molecule has 0 fully saturated rings. The molecule has 0 radical (unpaired) electrons. The minimum Gasteiger partial charge on any atom is -0.306 e. The molecule has 2 heterocycles. The van der Waals surface area contributed by atoms with Crippen LogP contribution in [0.4, 0.5) is 0 Å². The topological polar surface area (TPSA) is 42.7 Å². The fourth-order valence-electron chi connectivity index (χ4n) is 2.06. The monoisotopic (exact) mass is 244 g/mol. The average molecular weight is 244 g/mol. The zero-order valence-corrected chi connectivity index (χ0v) is 11.2. The van der Waals surface area contributed by atoms with Gasteiger partial charge in [-0.25, -0.2) is 0 Å². The summed E-state index contributed by atoms with van der Waals surface area (Å²) in [5.41, 5.74) is 2.41. The molecule has 4 heteroatoms. The SMILES string of the molecule is Cc1cnn(CC(C)NC(C)c2cccnc2)c1. The molecule has 0 saturated carbocycles. The highest BCUT2D eigenvalue weighted by Gasteiger charge is 2.10. The van der Waals surface area contributed by atoms with Crippen molar-refractivity contribution in [2.75, 3.05) is 0 Å². The van der Waals surface area contributed by atoms with E-state index in [1.54, 1.807) is 6.20 Å². The number of aromatic nitrogens is 3. The Labute approximate surface area is 108 Å². The van der Waals surface area contributed by atoms with E-state index in [1.165, 1.54) is 11.1 Å². The van der Waals surface area contributed by atoms with Crippen molar-refractivity contribution in [1.29, 1.82) is 0 Å². The Morgan fingerprint density at radius 2 is 2.17 bits per heavy atom. The minimum absolute atomic E-state index is 0.297. The lowest BCUT2D eigenvalue weighted by Crippen LogP contribution is -2.32. The third-order valence-corrected chi connectivity index (χ3v) is 2.94. The summed E-state index contributed by atoms with van der Waals surface area (Å²) in [4.78, 5) is 4.14. The van der Waals surface area contributed by atoms with Gasteiger partial charge in [0.05, 0.1) is 12.7 Å². The molecule has 4 nitrogen and oxygen atoms in total. The van der Waals surface area contributed by atoms with Gasteiger partial charge in [0.2, 0.25) is 0 Å². The van der Waals surface area contributed by atoms with Crippen molar-refractivity contribution < 1.29 is 0 Å². The largest absolute Gasteiger partial charge is 0.306 e. The molecule has 2 atom stereocenters. The molecule has 0 spiro atoms. The number of nitrogens with one attached hydrogen (secondary N) is 1. The predicted molar refractivity (Wildman–Crippen MR) is 72.2 cm³/mol. The molecular weight excluding hydrogens is 224 g/mol. The van der Waals surface area contributed by atoms with Crippen molar-refractivity contribution in [3.63, 3.8) is 0 Å². The van der Waals surface area contributed by atoms with Gasteiger partial charge in [0, 0.05) is 30.7 Å². The van der Waals surface area contributed by atoms with E-state index in [1.807, 2.05) is 23.1 Å². The van der Waals surface area contributed by atoms with Crippen LogP contribution in [0.15, 0.2) is 36.9 Å². The molecule has 0 bridgehead atoms. The zero-order chi connectivity index (χ0) is 13.0. The first-order valence-electron chi connectivity index (χ1n) is 6.30. The summed E-state index contributed by atoms with van der Waals surface area (Å²) < 4.78 is 1.98. The van der Waals surface area contributed by atoms with Crippen molar-refractivity contribution in [2.24, 2.45) is 0 Å². The third kappa shape index (κ3) is 3.40. The van der Waals surface area contributed by atoms with E-state index in [0.29, 0.717) is 12.1 Å². The second kappa shape index (κ2) is 5.78. The Morgan fingerprint density at radius 1 is 1.33 bits per heavy atom. The first kappa shape index (κ1) is 12.8. The van der Waals surface area contributed by atoms with E-state index in [-0.39, 0.29) is 0 Å². The van der Waals surface area contributed by atoms with E-state index in [2.05, 4.69) is 48.4 Å². The van der Waals surface area contributed by atoms with E-state index in [0.717, 1.165) is 6.54 Å². The van der Waals surface area contributed by atoms with E-state index in [9.17, 15) is 0 Å². The van der Waals surface area contributed by atoms with Gasteiger partial charge in [-0.2, -0.15) is 5.10 Å². The van der Waals surface area contributed by atoms with Crippen molar-refractivity contribution in [3.05, 3.63) is 48.0 Å². The molecular formula is C14H20N4. The molecule has 0 saturated heterocycles. The van der Waals surface area contributed by atoms with Crippen LogP contribution in [-0.4, -0.2) is 20.8 Å². The summed E-state index contributed by atoms with van der Waals surface area (Å²) in [6.07, 6.45) is 7.65. The highest BCUT2D eigenvalue weighted by molar-refractivity contribution is 5.12. The number of rotatable bonds is 5. The summed E-state index contributed by atoms with van der Waals surface area (Å²) in [5.74, 6) is 0. The Hall–Kier alpha value is -1.68. The molecule has 0 aromatic carbocycles. The van der Waals surface area contributed by atoms with Crippen LogP contribution >= 0.6 is 0 Å². The maximum absolute atomic E-state index is 4.30. The molecule has 0 aliphatic heterocycles. The predicted octanol–water partition coefficient (Wildman–Crippen LogP) is 2.33. The molecule has 96 valence electrons. The molecule has 18 heavy (non-hydrogen) atoms. The van der Waals surface area contributed by atoms with Gasteiger partial charge < -0.3 is 5.32 Å². The number of hydrogen-bond donors (Lipinski definition) is 1. The van der Waals surface area contributed by atoms with Crippen LogP contribution in [0.1, 0.15) is 31.0 Å². The molecule has 2 aromatic rings. The highest BCUT2D eigenvalue weighted by Crippen LogP contribution is 2.11. The van der Waals surface area contributed by atoms with Gasteiger partial charge in [-0.1, -0.05) is 6.07 Å². The average Bonchev–Trinajstić information content (AvgIpc) is 2.75. The van der Waals surface area contributed by atoms with Crippen LogP contribution in [0, 0.1) is 6.92 Å². The molecule has 0 amide bonds. The van der Waals surface area contributed by atoms with Crippen molar-refractivity contribution >= 4 is 0 Å². The third-order valence-electron chi connectivity index (χ3n) is 2.94. The molecule has 1 N–H and O–H groups in total. The summed E-state index contributed by atoms with van der Waals surface area (Å²) in [7, 11) is 0. The van der Waals surface area contributed by atoms with Crippen LogP contribution in [-0.2, 0) is 6.54 Å².